The molecule has 6 nitrogen and oxygen atoms in total. The number of pyridine rings is 1. The summed E-state index contributed by atoms with van der Waals surface area (Å²) in [6.45, 7) is 13.5. The minimum atomic E-state index is -2.79. The first kappa shape index (κ1) is 32.1. The van der Waals surface area contributed by atoms with Crippen molar-refractivity contribution in [3.05, 3.63) is 114 Å². The Morgan fingerprint density at radius 3 is 1.93 bits per heavy atom. The quantitative estimate of drug-likeness (QED) is 0.164. The number of carboxylic acids is 1. The maximum absolute atomic E-state index is 14.0. The van der Waals surface area contributed by atoms with Crippen LogP contribution in [0.2, 0.25) is 5.04 Å². The fourth-order valence-electron chi connectivity index (χ4n) is 6.36. The Balaban J connectivity index is 1.60. The van der Waals surface area contributed by atoms with Crippen LogP contribution in [-0.2, 0) is 22.3 Å². The molecule has 1 aliphatic heterocycles. The van der Waals surface area contributed by atoms with Crippen LogP contribution in [0.1, 0.15) is 75.6 Å². The largest absolute Gasteiger partial charge is 0.597 e. The number of rotatable bonds is 9. The van der Waals surface area contributed by atoms with Gasteiger partial charge in [0.05, 0.1) is 18.3 Å². The Labute approximate surface area is 265 Å². The highest BCUT2D eigenvalue weighted by atomic mass is 32.2. The molecule has 1 unspecified atom stereocenters. The second kappa shape index (κ2) is 12.6. The molecule has 44 heavy (non-hydrogen) atoms. The van der Waals surface area contributed by atoms with Gasteiger partial charge in [0.1, 0.15) is 10.4 Å². The van der Waals surface area contributed by atoms with Gasteiger partial charge in [-0.2, -0.15) is 0 Å². The first-order chi connectivity index (χ1) is 20.8. The molecule has 4 aromatic rings. The van der Waals surface area contributed by atoms with Crippen molar-refractivity contribution >= 4 is 36.0 Å². The van der Waals surface area contributed by atoms with Crippen LogP contribution in [0.5, 0.6) is 0 Å². The molecular weight excluding hydrogens is 585 g/mol. The van der Waals surface area contributed by atoms with E-state index in [0.29, 0.717) is 25.3 Å². The van der Waals surface area contributed by atoms with Gasteiger partial charge in [0.25, 0.3) is 8.32 Å². The van der Waals surface area contributed by atoms with E-state index >= 15 is 0 Å². The number of aromatic carboxylic acids is 1. The average molecular weight is 627 g/mol. The molecule has 0 radical (unpaired) electrons. The third-order valence-electron chi connectivity index (χ3n) is 8.28. The maximum Gasteiger partial charge on any atom is 0.354 e. The number of aromatic nitrogens is 1. The van der Waals surface area contributed by atoms with E-state index in [-0.39, 0.29) is 16.8 Å². The van der Waals surface area contributed by atoms with Gasteiger partial charge in [-0.15, -0.1) is 4.31 Å². The predicted molar refractivity (Wildman–Crippen MR) is 181 cm³/mol. The van der Waals surface area contributed by atoms with E-state index in [1.54, 1.807) is 6.07 Å². The van der Waals surface area contributed by atoms with Crippen molar-refractivity contribution < 1.29 is 18.9 Å². The van der Waals surface area contributed by atoms with E-state index < -0.39 is 30.4 Å². The van der Waals surface area contributed by atoms with Crippen LogP contribution in [0, 0.1) is 0 Å². The third-order valence-corrected chi connectivity index (χ3v) is 15.2. The molecule has 1 N–H and O–H groups in total. The van der Waals surface area contributed by atoms with Gasteiger partial charge >= 0.3 is 5.97 Å². The number of nitrogens with zero attached hydrogens (tertiary/aromatic N) is 2. The SMILES string of the molecule is CC(C)(C)[S@@+]([O-])N1Cc2cc(C(=O)O)nc(-c3ccccc3)c2C1CCO[Si](c1ccccc1)(c1ccccc1)C(C)(C)C. The van der Waals surface area contributed by atoms with Crippen molar-refractivity contribution in [2.75, 3.05) is 6.61 Å². The number of hydrogen-bond acceptors (Lipinski definition) is 5. The minimum absolute atomic E-state index is 0.00620. The minimum Gasteiger partial charge on any atom is -0.597 e. The standard InChI is InChI=1S/C36H42N2O4SSi/c1-35(2,3)43(41)38-25-27-24-30(34(39)40)37-33(26-16-10-7-11-17-26)32(27)31(38)22-23-42-44(36(4,5)6,28-18-12-8-13-19-28)29-20-14-9-15-21-29/h7-21,24,31H,22-23,25H2,1-6H3,(H,39,40)/t31?,43-/m1/s1. The summed E-state index contributed by atoms with van der Waals surface area (Å²) in [5.74, 6) is -1.08. The number of carbonyl (C=O) groups is 1. The summed E-state index contributed by atoms with van der Waals surface area (Å²) < 4.78 is 22.8. The summed E-state index contributed by atoms with van der Waals surface area (Å²) in [5.41, 5.74) is 3.25. The Bertz CT molecular complexity index is 1550. The van der Waals surface area contributed by atoms with Crippen molar-refractivity contribution in [2.45, 2.75) is 70.3 Å². The lowest BCUT2D eigenvalue weighted by molar-refractivity contribution is 0.0690. The smallest absolute Gasteiger partial charge is 0.354 e. The average Bonchev–Trinajstić information content (AvgIpc) is 3.36. The Morgan fingerprint density at radius 1 is 0.932 bits per heavy atom. The lowest BCUT2D eigenvalue weighted by atomic mass is 9.96. The lowest BCUT2D eigenvalue weighted by Crippen LogP contribution is -2.66. The second-order valence-corrected chi connectivity index (χ2v) is 19.9. The highest BCUT2D eigenvalue weighted by molar-refractivity contribution is 7.90. The van der Waals surface area contributed by atoms with Gasteiger partial charge in [-0.1, -0.05) is 112 Å². The molecule has 0 saturated heterocycles. The predicted octanol–water partition coefficient (Wildman–Crippen LogP) is 6.73. The Morgan fingerprint density at radius 2 is 1.45 bits per heavy atom. The number of carboxylic acid groups (broad SMARTS) is 1. The van der Waals surface area contributed by atoms with Gasteiger partial charge in [0.2, 0.25) is 0 Å². The Kier molecular flexibility index (Phi) is 9.21. The monoisotopic (exact) mass is 626 g/mol. The molecule has 8 heteroatoms. The molecular formula is C36H42N2O4SSi. The highest BCUT2D eigenvalue weighted by Gasteiger charge is 2.51. The molecule has 0 aliphatic carbocycles. The fourth-order valence-corrected chi connectivity index (χ4v) is 12.3. The second-order valence-electron chi connectivity index (χ2n) is 13.4. The van der Waals surface area contributed by atoms with Crippen molar-refractivity contribution in [3.63, 3.8) is 0 Å². The van der Waals surface area contributed by atoms with Gasteiger partial charge in [0.15, 0.2) is 0 Å². The van der Waals surface area contributed by atoms with Crippen molar-refractivity contribution in [3.8, 4) is 11.3 Å². The molecule has 0 amide bonds. The normalized spacial score (nSPS) is 16.5. The van der Waals surface area contributed by atoms with E-state index in [0.717, 1.165) is 16.7 Å². The molecule has 5 rings (SSSR count). The molecule has 0 fully saturated rings. The van der Waals surface area contributed by atoms with E-state index in [1.165, 1.54) is 10.4 Å². The third kappa shape index (κ3) is 6.14. The van der Waals surface area contributed by atoms with E-state index in [9.17, 15) is 14.5 Å². The molecule has 2 atom stereocenters. The molecule has 230 valence electrons. The van der Waals surface area contributed by atoms with Crippen LogP contribution >= 0.6 is 0 Å². The summed E-state index contributed by atoms with van der Waals surface area (Å²) >= 11 is -1.35. The lowest BCUT2D eigenvalue weighted by Gasteiger charge is -2.43. The zero-order chi connectivity index (χ0) is 31.7. The van der Waals surface area contributed by atoms with Gasteiger partial charge in [-0.3, -0.25) is 0 Å². The van der Waals surface area contributed by atoms with E-state index in [4.69, 9.17) is 4.43 Å². The van der Waals surface area contributed by atoms with Crippen LogP contribution in [0.4, 0.5) is 0 Å². The van der Waals surface area contributed by atoms with Crippen molar-refractivity contribution in [2.24, 2.45) is 0 Å². The summed E-state index contributed by atoms with van der Waals surface area (Å²) in [6, 6.07) is 32.2. The zero-order valence-corrected chi connectivity index (χ0v) is 28.2. The zero-order valence-electron chi connectivity index (χ0n) is 26.4. The van der Waals surface area contributed by atoms with Gasteiger partial charge in [-0.05, 0) is 54.2 Å². The van der Waals surface area contributed by atoms with Crippen molar-refractivity contribution in [1.29, 1.82) is 0 Å². The number of hydrogen-bond donors (Lipinski definition) is 1. The molecule has 3 aromatic carbocycles. The van der Waals surface area contributed by atoms with Crippen LogP contribution in [0.25, 0.3) is 11.3 Å². The summed E-state index contributed by atoms with van der Waals surface area (Å²) in [5, 5.41) is 12.2. The maximum atomic E-state index is 14.0. The fraction of sp³-hybridized carbons (Fsp3) is 0.333. The van der Waals surface area contributed by atoms with Crippen LogP contribution in [0.3, 0.4) is 0 Å². The van der Waals surface area contributed by atoms with Gasteiger partial charge in [-0.25, -0.2) is 9.78 Å². The molecule has 1 aromatic heterocycles. The van der Waals surface area contributed by atoms with Crippen LogP contribution in [-0.4, -0.2) is 44.6 Å². The number of fused-ring (bicyclic) bond motifs is 1. The highest BCUT2D eigenvalue weighted by Crippen LogP contribution is 2.46. The van der Waals surface area contributed by atoms with Crippen LogP contribution in [0.15, 0.2) is 97.1 Å². The van der Waals surface area contributed by atoms with Crippen LogP contribution < -0.4 is 10.4 Å². The molecule has 0 bridgehead atoms. The molecule has 1 aliphatic rings. The van der Waals surface area contributed by atoms with E-state index in [2.05, 4.69) is 74.3 Å². The van der Waals surface area contributed by atoms with Crippen molar-refractivity contribution in [1.82, 2.24) is 9.29 Å². The first-order valence-corrected chi connectivity index (χ1v) is 18.1. The molecule has 0 spiro atoms. The first-order valence-electron chi connectivity index (χ1n) is 15.1. The Hall–Kier alpha value is -3.27. The summed E-state index contributed by atoms with van der Waals surface area (Å²) in [6.07, 6.45) is 0.577. The summed E-state index contributed by atoms with van der Waals surface area (Å²) in [7, 11) is -2.79. The number of benzene rings is 3. The van der Waals surface area contributed by atoms with Gasteiger partial charge < -0.3 is 14.1 Å². The molecule has 2 heterocycles. The van der Waals surface area contributed by atoms with Gasteiger partial charge in [0, 0.05) is 29.1 Å². The van der Waals surface area contributed by atoms with E-state index in [1.807, 2.05) is 67.5 Å². The topological polar surface area (TPSA) is 85.7 Å². The molecule has 0 saturated carbocycles. The summed E-state index contributed by atoms with van der Waals surface area (Å²) in [4.78, 5) is 16.8.